The number of nitrogens with two attached hydrogens (primary N) is 1. The number of aryl methyl sites for hydroxylation is 2. The maximum Gasteiger partial charge on any atom is 0.241 e. The molecule has 0 aliphatic heterocycles. The molecule has 0 spiro atoms. The number of hydrogen-bond donors (Lipinski definition) is 2. The fourth-order valence-electron chi connectivity index (χ4n) is 1.70. The Balaban J connectivity index is 0.00000200. The highest BCUT2D eigenvalue weighted by Crippen LogP contribution is 2.14. The number of carbonyl (C=O) groups excluding carboxylic acids is 1. The quantitative estimate of drug-likeness (QED) is 0.893. The zero-order chi connectivity index (χ0) is 13.8. The predicted molar refractivity (Wildman–Crippen MR) is 91.3 cm³/mol. The molecule has 2 rings (SSSR count). The molecule has 0 fully saturated rings. The van der Waals surface area contributed by atoms with E-state index in [1.54, 1.807) is 5.51 Å². The van der Waals surface area contributed by atoms with Crippen LogP contribution in [-0.2, 0) is 11.3 Å². The third kappa shape index (κ3) is 5.28. The molecule has 21 heavy (non-hydrogen) atoms. The Kier molecular flexibility index (Phi) is 8.51. The third-order valence-corrected chi connectivity index (χ3v) is 3.92. The Morgan fingerprint density at radius 3 is 2.43 bits per heavy atom. The lowest BCUT2D eigenvalue weighted by atomic mass is 10.1. The van der Waals surface area contributed by atoms with E-state index in [0.29, 0.717) is 6.54 Å². The van der Waals surface area contributed by atoms with Crippen LogP contribution in [-0.4, -0.2) is 10.9 Å². The number of thiazole rings is 1. The van der Waals surface area contributed by atoms with E-state index in [4.69, 9.17) is 5.73 Å². The minimum absolute atomic E-state index is 0. The van der Waals surface area contributed by atoms with E-state index in [1.807, 2.05) is 38.1 Å². The number of amides is 1. The van der Waals surface area contributed by atoms with Gasteiger partial charge in [-0.2, -0.15) is 0 Å². The first-order valence-corrected chi connectivity index (χ1v) is 6.94. The molecule has 1 unspecified atom stereocenters. The van der Waals surface area contributed by atoms with Gasteiger partial charge >= 0.3 is 0 Å². The molecule has 116 valence electrons. The van der Waals surface area contributed by atoms with Crippen LogP contribution in [0.2, 0.25) is 0 Å². The molecule has 0 saturated carbocycles. The Morgan fingerprint density at radius 2 is 1.90 bits per heavy atom. The number of aromatic nitrogens is 1. The van der Waals surface area contributed by atoms with Gasteiger partial charge in [-0.3, -0.25) is 4.79 Å². The second-order valence-corrected chi connectivity index (χ2v) is 5.41. The van der Waals surface area contributed by atoms with Gasteiger partial charge in [-0.15, -0.1) is 36.2 Å². The van der Waals surface area contributed by atoms with Gasteiger partial charge in [-0.1, -0.05) is 29.8 Å². The lowest BCUT2D eigenvalue weighted by Crippen LogP contribution is -2.33. The maximum atomic E-state index is 12.0. The largest absolute Gasteiger partial charge is 0.349 e. The van der Waals surface area contributed by atoms with Gasteiger partial charge in [0.15, 0.2) is 0 Å². The maximum absolute atomic E-state index is 12.0. The third-order valence-electron chi connectivity index (χ3n) is 2.99. The number of nitrogens with zero attached hydrogens (tertiary/aromatic N) is 1. The normalized spacial score (nSPS) is 11.0. The van der Waals surface area contributed by atoms with E-state index in [1.165, 1.54) is 11.3 Å². The van der Waals surface area contributed by atoms with Crippen molar-refractivity contribution in [2.75, 3.05) is 0 Å². The smallest absolute Gasteiger partial charge is 0.241 e. The summed E-state index contributed by atoms with van der Waals surface area (Å²) < 4.78 is 0. The van der Waals surface area contributed by atoms with Crippen molar-refractivity contribution in [2.45, 2.75) is 26.4 Å². The van der Waals surface area contributed by atoms with Gasteiger partial charge < -0.3 is 11.1 Å². The SMILES string of the molecule is Cc1ccc(C(N)C(=O)NCc2scnc2C)cc1.Cl.Cl. The van der Waals surface area contributed by atoms with Gasteiger partial charge in [0.05, 0.1) is 17.7 Å². The average molecular weight is 348 g/mol. The van der Waals surface area contributed by atoms with Crippen LogP contribution in [0.5, 0.6) is 0 Å². The van der Waals surface area contributed by atoms with Crippen LogP contribution in [0.15, 0.2) is 29.8 Å². The van der Waals surface area contributed by atoms with E-state index in [-0.39, 0.29) is 30.7 Å². The molecule has 1 atom stereocenters. The van der Waals surface area contributed by atoms with E-state index in [9.17, 15) is 4.79 Å². The van der Waals surface area contributed by atoms with Crippen LogP contribution >= 0.6 is 36.2 Å². The Labute approximate surface area is 141 Å². The molecule has 3 N–H and O–H groups in total. The minimum atomic E-state index is -0.631. The summed E-state index contributed by atoms with van der Waals surface area (Å²) in [6.07, 6.45) is 0. The predicted octanol–water partition coefficient (Wildman–Crippen LogP) is 2.92. The number of nitrogens with one attached hydrogen (secondary N) is 1. The molecular formula is C14H19Cl2N3OS. The lowest BCUT2D eigenvalue weighted by molar-refractivity contribution is -0.122. The van der Waals surface area contributed by atoms with Gasteiger partial charge in [-0.05, 0) is 19.4 Å². The Hall–Kier alpha value is -1.14. The summed E-state index contributed by atoms with van der Waals surface area (Å²) in [5, 5.41) is 2.85. The summed E-state index contributed by atoms with van der Waals surface area (Å²) >= 11 is 1.53. The van der Waals surface area contributed by atoms with Gasteiger partial charge in [-0.25, -0.2) is 4.98 Å². The van der Waals surface area contributed by atoms with Crippen molar-refractivity contribution in [1.29, 1.82) is 0 Å². The molecule has 1 heterocycles. The second-order valence-electron chi connectivity index (χ2n) is 4.47. The van der Waals surface area contributed by atoms with Gasteiger partial charge in [0, 0.05) is 4.88 Å². The zero-order valence-electron chi connectivity index (χ0n) is 11.8. The monoisotopic (exact) mass is 347 g/mol. The molecule has 1 amide bonds. The summed E-state index contributed by atoms with van der Waals surface area (Å²) in [4.78, 5) is 17.2. The highest BCUT2D eigenvalue weighted by molar-refractivity contribution is 7.09. The lowest BCUT2D eigenvalue weighted by Gasteiger charge is -2.12. The molecule has 0 aliphatic rings. The van der Waals surface area contributed by atoms with Crippen LogP contribution in [0.25, 0.3) is 0 Å². The van der Waals surface area contributed by atoms with Crippen molar-refractivity contribution in [1.82, 2.24) is 10.3 Å². The van der Waals surface area contributed by atoms with Crippen LogP contribution in [0, 0.1) is 13.8 Å². The number of rotatable bonds is 4. The van der Waals surface area contributed by atoms with Crippen LogP contribution in [0.4, 0.5) is 0 Å². The topological polar surface area (TPSA) is 68.0 Å². The van der Waals surface area contributed by atoms with Crippen molar-refractivity contribution < 1.29 is 4.79 Å². The van der Waals surface area contributed by atoms with Crippen molar-refractivity contribution in [3.63, 3.8) is 0 Å². The van der Waals surface area contributed by atoms with Crippen molar-refractivity contribution in [2.24, 2.45) is 5.73 Å². The van der Waals surface area contributed by atoms with E-state index < -0.39 is 6.04 Å². The molecule has 4 nitrogen and oxygen atoms in total. The first-order valence-electron chi connectivity index (χ1n) is 6.06. The van der Waals surface area contributed by atoms with Crippen LogP contribution in [0.3, 0.4) is 0 Å². The number of halogens is 2. The van der Waals surface area contributed by atoms with Crippen molar-refractivity contribution in [3.8, 4) is 0 Å². The molecule has 0 aliphatic carbocycles. The summed E-state index contributed by atoms with van der Waals surface area (Å²) in [6.45, 7) is 4.41. The van der Waals surface area contributed by atoms with Crippen molar-refractivity contribution >= 4 is 42.1 Å². The minimum Gasteiger partial charge on any atom is -0.349 e. The molecule has 2 aromatic rings. The Bertz CT molecular complexity index is 572. The second kappa shape index (κ2) is 9.00. The number of hydrogen-bond acceptors (Lipinski definition) is 4. The molecule has 7 heteroatoms. The molecule has 0 bridgehead atoms. The van der Waals surface area contributed by atoms with Crippen LogP contribution < -0.4 is 11.1 Å². The van der Waals surface area contributed by atoms with Crippen LogP contribution in [0.1, 0.15) is 27.7 Å². The molecule has 0 radical (unpaired) electrons. The summed E-state index contributed by atoms with van der Waals surface area (Å²) in [5.74, 6) is -0.170. The molecule has 1 aromatic carbocycles. The average Bonchev–Trinajstić information content (AvgIpc) is 2.81. The highest BCUT2D eigenvalue weighted by atomic mass is 35.5. The summed E-state index contributed by atoms with van der Waals surface area (Å²) in [5.41, 5.74) is 10.6. The van der Waals surface area contributed by atoms with Gasteiger partial charge in [0.25, 0.3) is 0 Å². The standard InChI is InChI=1S/C14H17N3OS.2ClH/c1-9-3-5-11(6-4-9)13(15)14(18)16-7-12-10(2)17-8-19-12;;/h3-6,8,13H,7,15H2,1-2H3,(H,16,18);2*1H. The fraction of sp³-hybridized carbons (Fsp3) is 0.286. The number of carbonyl (C=O) groups is 1. The van der Waals surface area contributed by atoms with Crippen molar-refractivity contribution in [3.05, 3.63) is 51.5 Å². The van der Waals surface area contributed by atoms with Gasteiger partial charge in [0.2, 0.25) is 5.91 Å². The highest BCUT2D eigenvalue weighted by Gasteiger charge is 2.15. The molecular weight excluding hydrogens is 329 g/mol. The van der Waals surface area contributed by atoms with Gasteiger partial charge in [0.1, 0.15) is 6.04 Å². The summed E-state index contributed by atoms with van der Waals surface area (Å²) in [7, 11) is 0. The number of benzene rings is 1. The molecule has 0 saturated heterocycles. The Morgan fingerprint density at radius 1 is 1.29 bits per heavy atom. The van der Waals surface area contributed by atoms with E-state index in [2.05, 4.69) is 10.3 Å². The zero-order valence-corrected chi connectivity index (χ0v) is 14.3. The first-order chi connectivity index (χ1) is 9.08. The first kappa shape index (κ1) is 19.9. The molecule has 1 aromatic heterocycles. The fourth-order valence-corrected chi connectivity index (χ4v) is 2.42. The van der Waals surface area contributed by atoms with E-state index in [0.717, 1.165) is 21.7 Å². The summed E-state index contributed by atoms with van der Waals surface area (Å²) in [6, 6.07) is 7.05. The van der Waals surface area contributed by atoms with E-state index >= 15 is 0 Å².